The molecule has 3 rings (SSSR count). The molecule has 8 heteroatoms. The molecule has 0 aliphatic carbocycles. The van der Waals surface area contributed by atoms with Crippen molar-refractivity contribution in [1.82, 2.24) is 4.98 Å². The third-order valence-electron chi connectivity index (χ3n) is 3.22. The minimum atomic E-state index is -1.69. The summed E-state index contributed by atoms with van der Waals surface area (Å²) in [7, 11) is 0. The van der Waals surface area contributed by atoms with Crippen LogP contribution in [0.25, 0.3) is 11.3 Å². The van der Waals surface area contributed by atoms with Crippen molar-refractivity contribution in [3.63, 3.8) is 0 Å². The molecule has 0 atom stereocenters. The van der Waals surface area contributed by atoms with Crippen LogP contribution in [0.5, 0.6) is 0 Å². The van der Waals surface area contributed by atoms with E-state index in [2.05, 4.69) is 10.3 Å². The lowest BCUT2D eigenvalue weighted by atomic mass is 10.1. The summed E-state index contributed by atoms with van der Waals surface area (Å²) >= 11 is 1.27. The molecule has 0 saturated carbocycles. The van der Waals surface area contributed by atoms with Gasteiger partial charge in [-0.2, -0.15) is 0 Å². The van der Waals surface area contributed by atoms with Crippen LogP contribution in [0.3, 0.4) is 0 Å². The standard InChI is InChI=1S/C16H10F3N3OS/c17-11-5-4-10(13(18)14(11)19)15(23)21-9-3-1-2-8(6-9)12-7-24-16(20)22-12/h1-7H,(H2,20,22)(H,21,23). The number of nitrogens with one attached hydrogen (secondary N) is 1. The van der Waals surface area contributed by atoms with Gasteiger partial charge in [-0.1, -0.05) is 12.1 Å². The molecule has 3 N–H and O–H groups in total. The zero-order valence-corrected chi connectivity index (χ0v) is 12.8. The second kappa shape index (κ2) is 6.32. The Bertz CT molecular complexity index is 927. The largest absolute Gasteiger partial charge is 0.375 e. The van der Waals surface area contributed by atoms with Crippen molar-refractivity contribution in [2.45, 2.75) is 0 Å². The molecular weight excluding hydrogens is 339 g/mol. The topological polar surface area (TPSA) is 68.0 Å². The number of amides is 1. The van der Waals surface area contributed by atoms with E-state index in [1.54, 1.807) is 29.6 Å². The summed E-state index contributed by atoms with van der Waals surface area (Å²) in [5.41, 5.74) is 6.68. The minimum Gasteiger partial charge on any atom is -0.375 e. The monoisotopic (exact) mass is 349 g/mol. The first-order chi connectivity index (χ1) is 11.5. The smallest absolute Gasteiger partial charge is 0.258 e. The van der Waals surface area contributed by atoms with Crippen molar-refractivity contribution >= 4 is 28.1 Å². The van der Waals surface area contributed by atoms with Crippen molar-refractivity contribution < 1.29 is 18.0 Å². The Hall–Kier alpha value is -2.87. The highest BCUT2D eigenvalue weighted by molar-refractivity contribution is 7.13. The van der Waals surface area contributed by atoms with Gasteiger partial charge in [0.1, 0.15) is 0 Å². The first kappa shape index (κ1) is 16.0. The van der Waals surface area contributed by atoms with Gasteiger partial charge in [0.25, 0.3) is 5.91 Å². The van der Waals surface area contributed by atoms with Crippen LogP contribution >= 0.6 is 11.3 Å². The summed E-state index contributed by atoms with van der Waals surface area (Å²) < 4.78 is 39.8. The van der Waals surface area contributed by atoms with Crippen molar-refractivity contribution in [2.24, 2.45) is 0 Å². The molecule has 0 radical (unpaired) electrons. The van der Waals surface area contributed by atoms with E-state index >= 15 is 0 Å². The number of benzene rings is 2. The van der Waals surface area contributed by atoms with Gasteiger partial charge in [-0.05, 0) is 24.3 Å². The van der Waals surface area contributed by atoms with Gasteiger partial charge in [0, 0.05) is 16.6 Å². The first-order valence-corrected chi connectivity index (χ1v) is 7.60. The molecule has 0 aliphatic rings. The van der Waals surface area contributed by atoms with Crippen molar-refractivity contribution in [2.75, 3.05) is 11.1 Å². The molecule has 1 heterocycles. The highest BCUT2D eigenvalue weighted by atomic mass is 32.1. The number of carbonyl (C=O) groups excluding carboxylic acids is 1. The number of nitrogens with zero attached hydrogens (tertiary/aromatic N) is 1. The number of hydrogen-bond acceptors (Lipinski definition) is 4. The van der Waals surface area contributed by atoms with Gasteiger partial charge in [0.15, 0.2) is 22.6 Å². The van der Waals surface area contributed by atoms with Gasteiger partial charge in [-0.3, -0.25) is 4.79 Å². The Morgan fingerprint density at radius 2 is 1.92 bits per heavy atom. The van der Waals surface area contributed by atoms with Gasteiger partial charge in [0.05, 0.1) is 11.3 Å². The summed E-state index contributed by atoms with van der Waals surface area (Å²) in [6.45, 7) is 0. The zero-order chi connectivity index (χ0) is 17.3. The van der Waals surface area contributed by atoms with Gasteiger partial charge >= 0.3 is 0 Å². The number of aromatic nitrogens is 1. The van der Waals surface area contributed by atoms with Crippen LogP contribution in [0.4, 0.5) is 24.0 Å². The summed E-state index contributed by atoms with van der Waals surface area (Å²) in [6, 6.07) is 8.21. The van der Waals surface area contributed by atoms with Crippen molar-refractivity contribution in [3.05, 3.63) is 64.8 Å². The van der Waals surface area contributed by atoms with Gasteiger partial charge in [-0.15, -0.1) is 11.3 Å². The number of carbonyl (C=O) groups is 1. The Morgan fingerprint density at radius 1 is 1.12 bits per heavy atom. The molecule has 0 fully saturated rings. The number of nitrogen functional groups attached to an aromatic ring is 1. The summed E-state index contributed by atoms with van der Waals surface area (Å²) in [4.78, 5) is 16.2. The van der Waals surface area contributed by atoms with E-state index in [1.807, 2.05) is 0 Å². The molecule has 0 bridgehead atoms. The van der Waals surface area contributed by atoms with E-state index in [9.17, 15) is 18.0 Å². The lowest BCUT2D eigenvalue weighted by molar-refractivity contribution is 0.102. The summed E-state index contributed by atoms with van der Waals surface area (Å²) in [6.07, 6.45) is 0. The minimum absolute atomic E-state index is 0.355. The average Bonchev–Trinajstić information content (AvgIpc) is 2.99. The van der Waals surface area contributed by atoms with Crippen LogP contribution < -0.4 is 11.1 Å². The van der Waals surface area contributed by atoms with E-state index in [0.717, 1.165) is 6.07 Å². The average molecular weight is 349 g/mol. The lowest BCUT2D eigenvalue weighted by Crippen LogP contribution is -2.15. The highest BCUT2D eigenvalue weighted by Gasteiger charge is 2.19. The molecule has 24 heavy (non-hydrogen) atoms. The van der Waals surface area contributed by atoms with Gasteiger partial charge in [0.2, 0.25) is 0 Å². The number of halogens is 3. The molecule has 4 nitrogen and oxygen atoms in total. The van der Waals surface area contributed by atoms with Gasteiger partial charge in [-0.25, -0.2) is 18.2 Å². The molecule has 3 aromatic rings. The number of hydrogen-bond donors (Lipinski definition) is 2. The van der Waals surface area contributed by atoms with E-state index in [4.69, 9.17) is 5.73 Å². The molecule has 0 aliphatic heterocycles. The second-order valence-corrected chi connectivity index (χ2v) is 5.72. The molecule has 0 saturated heterocycles. The van der Waals surface area contributed by atoms with E-state index in [0.29, 0.717) is 28.1 Å². The fourth-order valence-corrected chi connectivity index (χ4v) is 2.65. The number of rotatable bonds is 3. The third kappa shape index (κ3) is 3.09. The summed E-state index contributed by atoms with van der Waals surface area (Å²) in [5, 5.41) is 4.60. The molecule has 1 aromatic heterocycles. The second-order valence-electron chi connectivity index (χ2n) is 4.83. The fourth-order valence-electron chi connectivity index (χ4n) is 2.08. The fraction of sp³-hybridized carbons (Fsp3) is 0. The van der Waals surface area contributed by atoms with Gasteiger partial charge < -0.3 is 11.1 Å². The molecule has 0 spiro atoms. The number of nitrogens with two attached hydrogens (primary N) is 1. The van der Waals surface area contributed by atoms with Crippen LogP contribution in [-0.2, 0) is 0 Å². The lowest BCUT2D eigenvalue weighted by Gasteiger charge is -2.08. The molecular formula is C16H10F3N3OS. The third-order valence-corrected chi connectivity index (χ3v) is 3.89. The predicted octanol–water partition coefficient (Wildman–Crippen LogP) is 4.06. The Morgan fingerprint density at radius 3 is 2.62 bits per heavy atom. The number of thiazole rings is 1. The van der Waals surface area contributed by atoms with Crippen molar-refractivity contribution in [3.8, 4) is 11.3 Å². The van der Waals surface area contributed by atoms with E-state index in [-0.39, 0.29) is 0 Å². The zero-order valence-electron chi connectivity index (χ0n) is 12.0. The highest BCUT2D eigenvalue weighted by Crippen LogP contribution is 2.26. The first-order valence-electron chi connectivity index (χ1n) is 6.72. The van der Waals surface area contributed by atoms with Crippen LogP contribution in [0.15, 0.2) is 41.8 Å². The molecule has 2 aromatic carbocycles. The van der Waals surface area contributed by atoms with Crippen LogP contribution in [-0.4, -0.2) is 10.9 Å². The maximum atomic E-state index is 13.7. The van der Waals surface area contributed by atoms with Crippen LogP contribution in [0, 0.1) is 17.5 Å². The molecule has 0 unspecified atom stereocenters. The Kier molecular flexibility index (Phi) is 4.22. The quantitative estimate of drug-likeness (QED) is 0.701. The summed E-state index contributed by atoms with van der Waals surface area (Å²) in [5.74, 6) is -5.46. The SMILES string of the molecule is Nc1nc(-c2cccc(NC(=O)c3ccc(F)c(F)c3F)c2)cs1. The Balaban J connectivity index is 1.86. The van der Waals surface area contributed by atoms with E-state index in [1.165, 1.54) is 11.3 Å². The molecule has 1 amide bonds. The maximum absolute atomic E-state index is 13.7. The Labute approximate surface area is 138 Å². The van der Waals surface area contributed by atoms with E-state index < -0.39 is 28.9 Å². The predicted molar refractivity (Wildman–Crippen MR) is 86.2 cm³/mol. The molecule has 122 valence electrons. The van der Waals surface area contributed by atoms with Crippen LogP contribution in [0.2, 0.25) is 0 Å². The normalized spacial score (nSPS) is 10.6. The number of anilines is 2. The van der Waals surface area contributed by atoms with Crippen LogP contribution in [0.1, 0.15) is 10.4 Å². The van der Waals surface area contributed by atoms with Crippen molar-refractivity contribution in [1.29, 1.82) is 0 Å². The maximum Gasteiger partial charge on any atom is 0.258 e.